The summed E-state index contributed by atoms with van der Waals surface area (Å²) in [7, 11) is 0. The van der Waals surface area contributed by atoms with Crippen molar-refractivity contribution >= 4 is 29.1 Å². The van der Waals surface area contributed by atoms with E-state index < -0.39 is 5.91 Å². The molecule has 134 valence electrons. The molecule has 7 nitrogen and oxygen atoms in total. The largest absolute Gasteiger partial charge is 0.482 e. The van der Waals surface area contributed by atoms with Crippen LogP contribution in [0.3, 0.4) is 0 Å². The molecule has 0 bridgehead atoms. The van der Waals surface area contributed by atoms with Gasteiger partial charge in [-0.1, -0.05) is 5.92 Å². The summed E-state index contributed by atoms with van der Waals surface area (Å²) >= 11 is 0. The maximum atomic E-state index is 12.6. The van der Waals surface area contributed by atoms with Crippen LogP contribution >= 0.6 is 0 Å². The molecule has 0 saturated carbocycles. The number of rotatable bonds is 4. The molecule has 0 aromatic heterocycles. The van der Waals surface area contributed by atoms with Crippen molar-refractivity contribution in [2.75, 3.05) is 23.4 Å². The van der Waals surface area contributed by atoms with Gasteiger partial charge < -0.3 is 15.8 Å². The van der Waals surface area contributed by atoms with Crippen molar-refractivity contribution in [2.45, 2.75) is 25.7 Å². The van der Waals surface area contributed by atoms with Crippen LogP contribution in [0.15, 0.2) is 29.3 Å². The number of fused-ring (bicyclic) bond motifs is 1. The zero-order valence-electron chi connectivity index (χ0n) is 14.2. The van der Waals surface area contributed by atoms with Crippen LogP contribution in [0, 0.1) is 12.3 Å². The average Bonchev–Trinajstić information content (AvgIpc) is 2.64. The second-order valence-electron chi connectivity index (χ2n) is 6.14. The molecule has 3 rings (SSSR count). The molecule has 0 atom stereocenters. The zero-order chi connectivity index (χ0) is 18.7. The van der Waals surface area contributed by atoms with E-state index in [-0.39, 0.29) is 25.0 Å². The number of carbonyl (C=O) groups is 3. The molecule has 1 heterocycles. The molecule has 0 saturated heterocycles. The molecule has 26 heavy (non-hydrogen) atoms. The van der Waals surface area contributed by atoms with Gasteiger partial charge in [-0.05, 0) is 43.9 Å². The summed E-state index contributed by atoms with van der Waals surface area (Å²) < 4.78 is 5.39. The lowest BCUT2D eigenvalue weighted by Gasteiger charge is -2.28. The molecule has 3 N–H and O–H groups in total. The Morgan fingerprint density at radius 1 is 1.27 bits per heavy atom. The van der Waals surface area contributed by atoms with E-state index in [1.54, 1.807) is 18.2 Å². The Morgan fingerprint density at radius 3 is 2.69 bits per heavy atom. The number of benzene rings is 1. The fraction of sp³-hybridized carbons (Fsp3) is 0.316. The molecule has 0 spiro atoms. The summed E-state index contributed by atoms with van der Waals surface area (Å²) in [5.41, 5.74) is 7.19. The normalized spacial score (nSPS) is 16.4. The Kier molecular flexibility index (Phi) is 4.94. The molecular formula is C19H19N3O4. The minimum absolute atomic E-state index is 0.0742. The maximum Gasteiger partial charge on any atom is 0.265 e. The monoisotopic (exact) mass is 353 g/mol. The van der Waals surface area contributed by atoms with Crippen molar-refractivity contribution in [1.82, 2.24) is 0 Å². The molecule has 1 aromatic rings. The highest BCUT2D eigenvalue weighted by Gasteiger charge is 2.26. The number of primary amides is 1. The number of nitrogens with one attached hydrogen (secondary N) is 1. The second-order valence-corrected chi connectivity index (χ2v) is 6.14. The standard InChI is InChI=1S/C19H19N3O4/c1-2-9-22-15-10-12(7-8-16(15)26-11-17(22)23)21-19(25)14-6-4-3-5-13(14)18(20)24/h1,7-8,10H,3-6,9,11H2,(H2,20,24)(H,21,25). The Hall–Kier alpha value is -3.27. The predicted octanol–water partition coefficient (Wildman–Crippen LogP) is 1.34. The van der Waals surface area contributed by atoms with E-state index in [9.17, 15) is 14.4 Å². The van der Waals surface area contributed by atoms with Gasteiger partial charge in [-0.2, -0.15) is 0 Å². The van der Waals surface area contributed by atoms with Crippen LogP contribution in [0.4, 0.5) is 11.4 Å². The Balaban J connectivity index is 1.87. The van der Waals surface area contributed by atoms with Gasteiger partial charge in [0.2, 0.25) is 5.91 Å². The quantitative estimate of drug-likeness (QED) is 0.798. The van der Waals surface area contributed by atoms with Crippen LogP contribution < -0.4 is 20.7 Å². The fourth-order valence-electron chi connectivity index (χ4n) is 3.18. The van der Waals surface area contributed by atoms with Crippen LogP contribution in [-0.2, 0) is 14.4 Å². The lowest BCUT2D eigenvalue weighted by atomic mass is 9.90. The van der Waals surface area contributed by atoms with Crippen molar-refractivity contribution in [1.29, 1.82) is 0 Å². The fourth-order valence-corrected chi connectivity index (χ4v) is 3.18. The number of terminal acetylenes is 1. The van der Waals surface area contributed by atoms with E-state index >= 15 is 0 Å². The molecule has 1 aliphatic heterocycles. The van der Waals surface area contributed by atoms with Gasteiger partial charge in [-0.15, -0.1) is 6.42 Å². The smallest absolute Gasteiger partial charge is 0.265 e. The van der Waals surface area contributed by atoms with Crippen molar-refractivity contribution in [3.05, 3.63) is 29.3 Å². The molecule has 7 heteroatoms. The van der Waals surface area contributed by atoms with E-state index in [1.807, 2.05) is 0 Å². The number of hydrogen-bond acceptors (Lipinski definition) is 4. The highest BCUT2D eigenvalue weighted by atomic mass is 16.5. The van der Waals surface area contributed by atoms with Crippen LogP contribution in [0.2, 0.25) is 0 Å². The first-order valence-electron chi connectivity index (χ1n) is 8.35. The lowest BCUT2D eigenvalue weighted by molar-refractivity contribution is -0.121. The van der Waals surface area contributed by atoms with Crippen LogP contribution in [0.1, 0.15) is 25.7 Å². The summed E-state index contributed by atoms with van der Waals surface area (Å²) in [4.78, 5) is 37.6. The van der Waals surface area contributed by atoms with E-state index in [1.165, 1.54) is 4.90 Å². The summed E-state index contributed by atoms with van der Waals surface area (Å²) in [5, 5.41) is 2.77. The van der Waals surface area contributed by atoms with Crippen LogP contribution in [-0.4, -0.2) is 30.9 Å². The third kappa shape index (κ3) is 3.40. The highest BCUT2D eigenvalue weighted by Crippen LogP contribution is 2.35. The SMILES string of the molecule is C#CCN1C(=O)COc2ccc(NC(=O)C3=C(C(N)=O)CCCC3)cc21. The summed E-state index contributed by atoms with van der Waals surface area (Å²) in [5.74, 6) is 1.81. The van der Waals surface area contributed by atoms with Gasteiger partial charge in [0, 0.05) is 16.8 Å². The summed E-state index contributed by atoms with van der Waals surface area (Å²) in [6, 6.07) is 4.98. The topological polar surface area (TPSA) is 102 Å². The van der Waals surface area contributed by atoms with E-state index in [0.29, 0.717) is 41.1 Å². The number of nitrogens with two attached hydrogens (primary N) is 1. The first kappa shape index (κ1) is 17.5. The molecule has 0 unspecified atom stereocenters. The summed E-state index contributed by atoms with van der Waals surface area (Å²) in [6.07, 6.45) is 8.04. The van der Waals surface area contributed by atoms with Crippen molar-refractivity contribution in [3.8, 4) is 18.1 Å². The third-order valence-corrected chi connectivity index (χ3v) is 4.45. The van der Waals surface area contributed by atoms with Crippen molar-refractivity contribution < 1.29 is 19.1 Å². The number of hydrogen-bond donors (Lipinski definition) is 2. The molecular weight excluding hydrogens is 334 g/mol. The molecule has 2 aliphatic rings. The van der Waals surface area contributed by atoms with Crippen LogP contribution in [0.25, 0.3) is 0 Å². The highest BCUT2D eigenvalue weighted by molar-refractivity contribution is 6.10. The van der Waals surface area contributed by atoms with Gasteiger partial charge in [0.25, 0.3) is 11.8 Å². The maximum absolute atomic E-state index is 12.6. The number of amides is 3. The molecule has 1 aliphatic carbocycles. The molecule has 3 amide bonds. The van der Waals surface area contributed by atoms with E-state index in [4.69, 9.17) is 16.9 Å². The number of anilines is 2. The summed E-state index contributed by atoms with van der Waals surface area (Å²) in [6.45, 7) is 0.0405. The van der Waals surface area contributed by atoms with Gasteiger partial charge in [-0.25, -0.2) is 0 Å². The number of carbonyl (C=O) groups excluding carboxylic acids is 3. The minimum atomic E-state index is -0.556. The zero-order valence-corrected chi connectivity index (χ0v) is 14.2. The van der Waals surface area contributed by atoms with E-state index in [2.05, 4.69) is 11.2 Å². The Morgan fingerprint density at radius 2 is 2.00 bits per heavy atom. The van der Waals surface area contributed by atoms with Crippen LogP contribution in [0.5, 0.6) is 5.75 Å². The average molecular weight is 353 g/mol. The van der Waals surface area contributed by atoms with Crippen molar-refractivity contribution in [3.63, 3.8) is 0 Å². The van der Waals surface area contributed by atoms with Gasteiger partial charge in [-0.3, -0.25) is 19.3 Å². The first-order valence-corrected chi connectivity index (χ1v) is 8.35. The first-order chi connectivity index (χ1) is 12.5. The second kappa shape index (κ2) is 7.31. The Labute approximate surface area is 151 Å². The molecule has 1 aromatic carbocycles. The number of ether oxygens (including phenoxy) is 1. The van der Waals surface area contributed by atoms with Gasteiger partial charge in [0.15, 0.2) is 6.61 Å². The minimum Gasteiger partial charge on any atom is -0.482 e. The third-order valence-electron chi connectivity index (χ3n) is 4.45. The Bertz CT molecular complexity index is 851. The van der Waals surface area contributed by atoms with Crippen molar-refractivity contribution in [2.24, 2.45) is 5.73 Å². The number of nitrogens with zero attached hydrogens (tertiary/aromatic N) is 1. The predicted molar refractivity (Wildman–Crippen MR) is 96.4 cm³/mol. The van der Waals surface area contributed by atoms with Gasteiger partial charge in [0.1, 0.15) is 5.75 Å². The van der Waals surface area contributed by atoms with Gasteiger partial charge in [0.05, 0.1) is 12.2 Å². The molecule has 0 fully saturated rings. The molecule has 0 radical (unpaired) electrons. The van der Waals surface area contributed by atoms with Gasteiger partial charge >= 0.3 is 0 Å². The van der Waals surface area contributed by atoms with E-state index in [0.717, 1.165) is 12.8 Å². The lowest BCUT2D eigenvalue weighted by Crippen LogP contribution is -2.39.